The lowest BCUT2D eigenvalue weighted by atomic mass is 9.94. The summed E-state index contributed by atoms with van der Waals surface area (Å²) in [5.74, 6) is 0.0483. The molecule has 78 valence electrons. The van der Waals surface area contributed by atoms with Gasteiger partial charge >= 0.3 is 0 Å². The number of hydrogen-bond donors (Lipinski definition) is 2. The molecular weight excluding hydrogens is 198 g/mol. The van der Waals surface area contributed by atoms with Crippen molar-refractivity contribution in [2.75, 3.05) is 6.54 Å². The van der Waals surface area contributed by atoms with Crippen LogP contribution in [-0.2, 0) is 0 Å². The van der Waals surface area contributed by atoms with Crippen LogP contribution in [0.5, 0.6) is 0 Å². The SMILES string of the molecule is Cc1ccc(Cl)cc1C(O)C(C)CN. The molecule has 1 aromatic rings. The molecule has 0 radical (unpaired) electrons. The predicted molar refractivity (Wildman–Crippen MR) is 59.4 cm³/mol. The van der Waals surface area contributed by atoms with Crippen LogP contribution >= 0.6 is 11.6 Å². The van der Waals surface area contributed by atoms with E-state index in [1.54, 1.807) is 6.07 Å². The summed E-state index contributed by atoms with van der Waals surface area (Å²) < 4.78 is 0. The minimum Gasteiger partial charge on any atom is -0.388 e. The first-order valence-corrected chi connectivity index (χ1v) is 5.08. The van der Waals surface area contributed by atoms with Crippen LogP contribution in [0.15, 0.2) is 18.2 Å². The van der Waals surface area contributed by atoms with Crippen molar-refractivity contribution in [2.45, 2.75) is 20.0 Å². The van der Waals surface area contributed by atoms with E-state index in [1.165, 1.54) is 0 Å². The second-order valence-electron chi connectivity index (χ2n) is 3.66. The molecule has 0 heterocycles. The Morgan fingerprint density at radius 2 is 2.14 bits per heavy atom. The van der Waals surface area contributed by atoms with Crippen molar-refractivity contribution in [3.63, 3.8) is 0 Å². The largest absolute Gasteiger partial charge is 0.388 e. The lowest BCUT2D eigenvalue weighted by Crippen LogP contribution is -2.19. The summed E-state index contributed by atoms with van der Waals surface area (Å²) >= 11 is 5.87. The molecule has 0 bridgehead atoms. The maximum atomic E-state index is 9.96. The fourth-order valence-corrected chi connectivity index (χ4v) is 1.55. The quantitative estimate of drug-likeness (QED) is 0.809. The van der Waals surface area contributed by atoms with Gasteiger partial charge < -0.3 is 10.8 Å². The van der Waals surface area contributed by atoms with Gasteiger partial charge in [0.15, 0.2) is 0 Å². The number of nitrogens with two attached hydrogens (primary N) is 1. The molecule has 0 aliphatic rings. The Kier molecular flexibility index (Phi) is 3.93. The summed E-state index contributed by atoms with van der Waals surface area (Å²) in [5, 5.41) is 10.6. The van der Waals surface area contributed by atoms with Crippen molar-refractivity contribution < 1.29 is 5.11 Å². The molecule has 0 aliphatic carbocycles. The highest BCUT2D eigenvalue weighted by atomic mass is 35.5. The van der Waals surface area contributed by atoms with Crippen molar-refractivity contribution >= 4 is 11.6 Å². The third-order valence-corrected chi connectivity index (χ3v) is 2.71. The fraction of sp³-hybridized carbons (Fsp3) is 0.455. The van der Waals surface area contributed by atoms with Gasteiger partial charge in [0.2, 0.25) is 0 Å². The first-order valence-electron chi connectivity index (χ1n) is 4.70. The van der Waals surface area contributed by atoms with Crippen LogP contribution in [0.4, 0.5) is 0 Å². The molecule has 2 nitrogen and oxygen atoms in total. The van der Waals surface area contributed by atoms with E-state index in [2.05, 4.69) is 0 Å². The molecule has 2 atom stereocenters. The number of aryl methyl sites for hydroxylation is 1. The molecule has 0 saturated carbocycles. The second kappa shape index (κ2) is 4.78. The third-order valence-electron chi connectivity index (χ3n) is 2.47. The van der Waals surface area contributed by atoms with Crippen LogP contribution in [0.1, 0.15) is 24.2 Å². The van der Waals surface area contributed by atoms with Gasteiger partial charge in [-0.1, -0.05) is 24.6 Å². The van der Waals surface area contributed by atoms with Crippen LogP contribution in [-0.4, -0.2) is 11.7 Å². The van der Waals surface area contributed by atoms with Crippen molar-refractivity contribution in [3.05, 3.63) is 34.3 Å². The molecule has 0 spiro atoms. The Morgan fingerprint density at radius 3 is 2.71 bits per heavy atom. The summed E-state index contributed by atoms with van der Waals surface area (Å²) in [5.41, 5.74) is 7.42. The van der Waals surface area contributed by atoms with Gasteiger partial charge in [0, 0.05) is 5.02 Å². The highest BCUT2D eigenvalue weighted by Crippen LogP contribution is 2.26. The molecule has 1 rings (SSSR count). The van der Waals surface area contributed by atoms with Crippen molar-refractivity contribution in [1.29, 1.82) is 0 Å². The highest BCUT2D eigenvalue weighted by molar-refractivity contribution is 6.30. The van der Waals surface area contributed by atoms with E-state index < -0.39 is 6.10 Å². The monoisotopic (exact) mass is 213 g/mol. The van der Waals surface area contributed by atoms with E-state index in [-0.39, 0.29) is 5.92 Å². The molecule has 0 saturated heterocycles. The summed E-state index contributed by atoms with van der Waals surface area (Å²) in [4.78, 5) is 0. The Hall–Kier alpha value is -0.570. The summed E-state index contributed by atoms with van der Waals surface area (Å²) in [6.45, 7) is 4.34. The number of benzene rings is 1. The van der Waals surface area contributed by atoms with Gasteiger partial charge in [0.25, 0.3) is 0 Å². The van der Waals surface area contributed by atoms with Gasteiger partial charge in [-0.15, -0.1) is 0 Å². The van der Waals surface area contributed by atoms with Crippen LogP contribution in [0.25, 0.3) is 0 Å². The zero-order valence-corrected chi connectivity index (χ0v) is 9.25. The van der Waals surface area contributed by atoms with Crippen LogP contribution < -0.4 is 5.73 Å². The standard InChI is InChI=1S/C11H16ClNO/c1-7-3-4-9(12)5-10(7)11(14)8(2)6-13/h3-5,8,11,14H,6,13H2,1-2H3. The van der Waals surface area contributed by atoms with Crippen LogP contribution in [0.3, 0.4) is 0 Å². The minimum atomic E-state index is -0.529. The first-order chi connectivity index (χ1) is 6.56. The first kappa shape index (κ1) is 11.5. The molecule has 3 N–H and O–H groups in total. The average molecular weight is 214 g/mol. The minimum absolute atomic E-state index is 0.0483. The van der Waals surface area contributed by atoms with E-state index in [4.69, 9.17) is 17.3 Å². The van der Waals surface area contributed by atoms with Crippen molar-refractivity contribution in [3.8, 4) is 0 Å². The van der Waals surface area contributed by atoms with E-state index in [0.717, 1.165) is 11.1 Å². The molecule has 1 aromatic carbocycles. The van der Waals surface area contributed by atoms with Gasteiger partial charge in [0.1, 0.15) is 0 Å². The molecule has 3 heteroatoms. The predicted octanol–water partition coefficient (Wildman–Crippen LogP) is 2.28. The van der Waals surface area contributed by atoms with Gasteiger partial charge in [-0.25, -0.2) is 0 Å². The van der Waals surface area contributed by atoms with Gasteiger partial charge in [0.05, 0.1) is 6.10 Å². The number of hydrogen-bond acceptors (Lipinski definition) is 2. The van der Waals surface area contributed by atoms with Crippen molar-refractivity contribution in [1.82, 2.24) is 0 Å². The molecule has 0 aliphatic heterocycles. The normalized spacial score (nSPS) is 15.2. The molecule has 0 aromatic heterocycles. The zero-order valence-electron chi connectivity index (χ0n) is 8.50. The topological polar surface area (TPSA) is 46.2 Å². The number of halogens is 1. The Bertz CT molecular complexity index is 314. The maximum absolute atomic E-state index is 9.96. The van der Waals surface area contributed by atoms with E-state index in [1.807, 2.05) is 26.0 Å². The van der Waals surface area contributed by atoms with E-state index in [0.29, 0.717) is 11.6 Å². The lowest BCUT2D eigenvalue weighted by Gasteiger charge is -2.19. The number of rotatable bonds is 3. The second-order valence-corrected chi connectivity index (χ2v) is 4.10. The summed E-state index contributed by atoms with van der Waals surface area (Å²) in [6.07, 6.45) is -0.529. The van der Waals surface area contributed by atoms with E-state index in [9.17, 15) is 5.11 Å². The number of aliphatic hydroxyl groups excluding tert-OH is 1. The van der Waals surface area contributed by atoms with Crippen LogP contribution in [0, 0.1) is 12.8 Å². The Morgan fingerprint density at radius 1 is 1.50 bits per heavy atom. The molecule has 2 unspecified atom stereocenters. The average Bonchev–Trinajstić information content (AvgIpc) is 2.19. The van der Waals surface area contributed by atoms with E-state index >= 15 is 0 Å². The van der Waals surface area contributed by atoms with Crippen LogP contribution in [0.2, 0.25) is 5.02 Å². The van der Waals surface area contributed by atoms with Gasteiger partial charge in [-0.2, -0.15) is 0 Å². The zero-order chi connectivity index (χ0) is 10.7. The molecule has 14 heavy (non-hydrogen) atoms. The van der Waals surface area contributed by atoms with Gasteiger partial charge in [-0.05, 0) is 42.6 Å². The maximum Gasteiger partial charge on any atom is 0.0830 e. The Balaban J connectivity index is 2.99. The molecule has 0 fully saturated rings. The smallest absolute Gasteiger partial charge is 0.0830 e. The summed E-state index contributed by atoms with van der Waals surface area (Å²) in [7, 11) is 0. The summed E-state index contributed by atoms with van der Waals surface area (Å²) in [6, 6.07) is 5.53. The fourth-order valence-electron chi connectivity index (χ4n) is 1.37. The molecule has 0 amide bonds. The van der Waals surface area contributed by atoms with Crippen molar-refractivity contribution in [2.24, 2.45) is 11.7 Å². The third kappa shape index (κ3) is 2.47. The molecular formula is C11H16ClNO. The van der Waals surface area contributed by atoms with Gasteiger partial charge in [-0.3, -0.25) is 0 Å². The highest BCUT2D eigenvalue weighted by Gasteiger charge is 2.16. The number of aliphatic hydroxyl groups is 1. The lowest BCUT2D eigenvalue weighted by molar-refractivity contribution is 0.121. The Labute approximate surface area is 89.7 Å².